The van der Waals surface area contributed by atoms with E-state index in [2.05, 4.69) is 41.5 Å². The van der Waals surface area contributed by atoms with Gasteiger partial charge in [-0.15, -0.1) is 0 Å². The van der Waals surface area contributed by atoms with E-state index in [0.717, 1.165) is 65.0 Å². The van der Waals surface area contributed by atoms with Crippen LogP contribution in [0.5, 0.6) is 0 Å². The van der Waals surface area contributed by atoms with Crippen LogP contribution in [0.25, 0.3) is 0 Å². The lowest BCUT2D eigenvalue weighted by Gasteiger charge is -2.34. The van der Waals surface area contributed by atoms with Gasteiger partial charge in [-0.1, -0.05) is 127 Å². The molecule has 0 rings (SSSR count). The Kier molecular flexibility index (Phi) is 34.3. The fraction of sp³-hybridized carbons (Fsp3) is 1.00. The molecule has 0 spiro atoms. The number of rotatable bonds is 36. The van der Waals surface area contributed by atoms with E-state index in [4.69, 9.17) is 18.9 Å². The van der Waals surface area contributed by atoms with Crippen molar-refractivity contribution >= 4 is 50.5 Å². The molecule has 0 fully saturated rings. The van der Waals surface area contributed by atoms with Crippen molar-refractivity contribution in [3.05, 3.63) is 0 Å². The average molecular weight is 699 g/mol. The van der Waals surface area contributed by atoms with E-state index in [9.17, 15) is 0 Å². The van der Waals surface area contributed by atoms with E-state index in [1.807, 2.05) is 31.4 Å². The SMILES string of the molecule is CCCCCOC(CCCCSSSCCCCC(OCCCCC)(OCCCCC)[SiH2]CC)(OCCCCC)[SiH2]CC. The molecule has 0 aromatic heterocycles. The molecule has 4 nitrogen and oxygen atoms in total. The molecule has 0 aliphatic rings. The average Bonchev–Trinajstić information content (AvgIpc) is 3.01. The van der Waals surface area contributed by atoms with Gasteiger partial charge < -0.3 is 18.9 Å². The molecule has 0 N–H and O–H groups in total. The highest BCUT2D eigenvalue weighted by molar-refractivity contribution is 9.09. The second kappa shape index (κ2) is 33.2. The zero-order valence-electron chi connectivity index (χ0n) is 29.7. The Morgan fingerprint density at radius 2 is 0.744 bits per heavy atom. The van der Waals surface area contributed by atoms with Gasteiger partial charge in [0.1, 0.15) is 10.8 Å². The summed E-state index contributed by atoms with van der Waals surface area (Å²) >= 11 is 0. The van der Waals surface area contributed by atoms with Crippen LogP contribution in [-0.2, 0) is 18.9 Å². The summed E-state index contributed by atoms with van der Waals surface area (Å²) in [5.41, 5.74) is -0.448. The Morgan fingerprint density at radius 1 is 0.419 bits per heavy atom. The van der Waals surface area contributed by atoms with Crippen LogP contribution in [0.4, 0.5) is 0 Å². The highest BCUT2D eigenvalue weighted by atomic mass is 33.5. The summed E-state index contributed by atoms with van der Waals surface area (Å²) in [6.45, 7) is 17.2. The summed E-state index contributed by atoms with van der Waals surface area (Å²) in [6, 6.07) is 2.50. The number of hydrogen-bond donors (Lipinski definition) is 0. The maximum atomic E-state index is 6.55. The van der Waals surface area contributed by atoms with E-state index < -0.39 is 19.0 Å². The first-order chi connectivity index (χ1) is 21.1. The van der Waals surface area contributed by atoms with Crippen molar-refractivity contribution in [2.45, 2.75) is 180 Å². The minimum atomic E-state index is -0.401. The summed E-state index contributed by atoms with van der Waals surface area (Å²) in [6.07, 6.45) is 21.8. The number of hydrogen-bond acceptors (Lipinski definition) is 7. The number of unbranched alkanes of at least 4 members (excludes halogenated alkanes) is 10. The van der Waals surface area contributed by atoms with Crippen molar-refractivity contribution in [3.8, 4) is 0 Å². The zero-order chi connectivity index (χ0) is 31.7. The third-order valence-electron chi connectivity index (χ3n) is 7.88. The molecule has 0 radical (unpaired) electrons. The van der Waals surface area contributed by atoms with Gasteiger partial charge in [-0.3, -0.25) is 0 Å². The summed E-state index contributed by atoms with van der Waals surface area (Å²) in [7, 11) is 5.26. The third-order valence-corrected chi connectivity index (χ3v) is 16.3. The molecule has 43 heavy (non-hydrogen) atoms. The molecular formula is C34H74O4S3Si2. The molecule has 0 atom stereocenters. The lowest BCUT2D eigenvalue weighted by molar-refractivity contribution is -0.187. The Labute approximate surface area is 286 Å². The summed E-state index contributed by atoms with van der Waals surface area (Å²) in [5, 5.41) is 0. The molecule has 0 aliphatic heterocycles. The summed E-state index contributed by atoms with van der Waals surface area (Å²) < 4.78 is 26.2. The first-order valence-electron chi connectivity index (χ1n) is 18.5. The van der Waals surface area contributed by atoms with Crippen LogP contribution in [0.2, 0.25) is 12.1 Å². The van der Waals surface area contributed by atoms with E-state index in [-0.39, 0.29) is 10.8 Å². The van der Waals surface area contributed by atoms with Gasteiger partial charge in [0, 0.05) is 37.9 Å². The third kappa shape index (κ3) is 26.0. The van der Waals surface area contributed by atoms with Crippen LogP contribution in [-0.4, -0.2) is 67.8 Å². The van der Waals surface area contributed by atoms with Crippen LogP contribution in [0, 0.1) is 0 Å². The van der Waals surface area contributed by atoms with Crippen molar-refractivity contribution < 1.29 is 18.9 Å². The van der Waals surface area contributed by atoms with Gasteiger partial charge in [0.25, 0.3) is 0 Å². The molecule has 0 bridgehead atoms. The Hall–Kier alpha value is 1.32. The van der Waals surface area contributed by atoms with Crippen LogP contribution in [0.1, 0.15) is 157 Å². The quantitative estimate of drug-likeness (QED) is 0.0279. The lowest BCUT2D eigenvalue weighted by Crippen LogP contribution is -2.43. The smallest absolute Gasteiger partial charge is 0.144 e. The van der Waals surface area contributed by atoms with E-state index >= 15 is 0 Å². The maximum absolute atomic E-state index is 6.55. The van der Waals surface area contributed by atoms with Crippen molar-refractivity contribution in [2.24, 2.45) is 0 Å². The van der Waals surface area contributed by atoms with E-state index in [0.29, 0.717) is 0 Å². The molecule has 0 unspecified atom stereocenters. The molecular weight excluding hydrogens is 625 g/mol. The van der Waals surface area contributed by atoms with Gasteiger partial charge in [-0.25, -0.2) is 0 Å². The topological polar surface area (TPSA) is 36.9 Å². The van der Waals surface area contributed by atoms with Crippen molar-refractivity contribution in [2.75, 3.05) is 37.9 Å². The second-order valence-corrected chi connectivity index (χ2v) is 21.8. The maximum Gasteiger partial charge on any atom is 0.144 e. The predicted molar refractivity (Wildman–Crippen MR) is 206 cm³/mol. The molecule has 0 aromatic rings. The Morgan fingerprint density at radius 3 is 1.02 bits per heavy atom. The van der Waals surface area contributed by atoms with Gasteiger partial charge in [0.05, 0.1) is 19.0 Å². The molecule has 0 aliphatic carbocycles. The van der Waals surface area contributed by atoms with Crippen LogP contribution in [0.3, 0.4) is 0 Å². The van der Waals surface area contributed by atoms with Gasteiger partial charge in [-0.2, -0.15) is 0 Å². The molecule has 0 aromatic carbocycles. The molecule has 0 saturated heterocycles. The summed E-state index contributed by atoms with van der Waals surface area (Å²) in [4.78, 5) is 0. The first-order valence-corrected chi connectivity index (χ1v) is 25.8. The standard InChI is InChI=1S/C34H74O4S3Si2/c1-7-13-19-27-35-33(42-11-5,36-28-20-14-8-2)25-17-23-31-39-41-40-32-24-18-26-34(43-12-6,37-29-21-15-9-3)38-30-22-16-10-4/h7-32,42-43H2,1-6H3. The van der Waals surface area contributed by atoms with Gasteiger partial charge in [0.15, 0.2) is 0 Å². The summed E-state index contributed by atoms with van der Waals surface area (Å²) in [5.74, 6) is 2.44. The Bertz CT molecular complexity index is 494. The monoisotopic (exact) mass is 698 g/mol. The molecule has 0 amide bonds. The van der Waals surface area contributed by atoms with Gasteiger partial charge >= 0.3 is 0 Å². The predicted octanol–water partition coefficient (Wildman–Crippen LogP) is 10.7. The van der Waals surface area contributed by atoms with Gasteiger partial charge in [0.2, 0.25) is 0 Å². The zero-order valence-corrected chi connectivity index (χ0v) is 34.9. The van der Waals surface area contributed by atoms with Crippen LogP contribution < -0.4 is 0 Å². The largest absolute Gasteiger partial charge is 0.354 e. The highest BCUT2D eigenvalue weighted by Gasteiger charge is 2.31. The molecule has 260 valence electrons. The minimum Gasteiger partial charge on any atom is -0.354 e. The minimum absolute atomic E-state index is 0.224. The van der Waals surface area contributed by atoms with E-state index in [1.165, 1.54) is 101 Å². The van der Waals surface area contributed by atoms with E-state index in [1.54, 1.807) is 0 Å². The molecule has 0 heterocycles. The number of ether oxygens (including phenoxy) is 4. The second-order valence-electron chi connectivity index (χ2n) is 12.2. The molecule has 9 heteroatoms. The van der Waals surface area contributed by atoms with Gasteiger partial charge in [-0.05, 0) is 74.0 Å². The Balaban J connectivity index is 4.40. The van der Waals surface area contributed by atoms with Crippen LogP contribution >= 0.6 is 31.4 Å². The lowest BCUT2D eigenvalue weighted by atomic mass is 10.2. The normalized spacial score (nSPS) is 13.0. The fourth-order valence-corrected chi connectivity index (χ4v) is 13.0. The van der Waals surface area contributed by atoms with Crippen LogP contribution in [0.15, 0.2) is 0 Å². The van der Waals surface area contributed by atoms with Crippen molar-refractivity contribution in [1.29, 1.82) is 0 Å². The molecule has 0 saturated carbocycles. The highest BCUT2D eigenvalue weighted by Crippen LogP contribution is 2.36. The first kappa shape index (κ1) is 44.3. The fourth-order valence-electron chi connectivity index (χ4n) is 5.33. The van der Waals surface area contributed by atoms with Crippen molar-refractivity contribution in [3.63, 3.8) is 0 Å². The van der Waals surface area contributed by atoms with Crippen molar-refractivity contribution in [1.82, 2.24) is 0 Å².